The number of sulfonamides is 1. The maximum absolute atomic E-state index is 10.4. The number of hydrogen-bond donors (Lipinski definition) is 1. The van der Waals surface area contributed by atoms with Crippen molar-refractivity contribution < 1.29 is 8.42 Å². The van der Waals surface area contributed by atoms with E-state index >= 15 is 0 Å². The summed E-state index contributed by atoms with van der Waals surface area (Å²) in [6.45, 7) is 3.64. The quantitative estimate of drug-likeness (QED) is 0.607. The van der Waals surface area contributed by atoms with Crippen molar-refractivity contribution in [3.8, 4) is 0 Å². The molecule has 0 bridgehead atoms. The van der Waals surface area contributed by atoms with E-state index in [1.54, 1.807) is 0 Å². The number of primary sulfonamides is 1. The Kier molecular flexibility index (Phi) is 4.64. The van der Waals surface area contributed by atoms with Gasteiger partial charge in [0.1, 0.15) is 0 Å². The van der Waals surface area contributed by atoms with Gasteiger partial charge in [-0.25, -0.2) is 13.6 Å². The summed E-state index contributed by atoms with van der Waals surface area (Å²) in [6, 6.07) is 0. The van der Waals surface area contributed by atoms with Crippen LogP contribution in [0.25, 0.3) is 0 Å². The van der Waals surface area contributed by atoms with Crippen LogP contribution in [0.2, 0.25) is 0 Å². The van der Waals surface area contributed by atoms with Crippen LogP contribution in [0, 0.1) is 6.92 Å². The molecule has 0 fully saturated rings. The Bertz CT molecular complexity index is 163. The number of nitrogens with two attached hydrogens (primary N) is 1. The molecule has 0 saturated heterocycles. The molecule has 2 N–H and O–H groups in total. The second kappa shape index (κ2) is 4.68. The zero-order valence-electron chi connectivity index (χ0n) is 6.04. The first-order valence-electron chi connectivity index (χ1n) is 3.36. The first-order valence-corrected chi connectivity index (χ1v) is 5.07. The van der Waals surface area contributed by atoms with Crippen molar-refractivity contribution in [2.24, 2.45) is 5.14 Å². The van der Waals surface area contributed by atoms with Gasteiger partial charge in [0.2, 0.25) is 10.0 Å². The van der Waals surface area contributed by atoms with Gasteiger partial charge in [-0.15, -0.1) is 0 Å². The van der Waals surface area contributed by atoms with Crippen molar-refractivity contribution in [3.63, 3.8) is 0 Å². The molecule has 0 spiro atoms. The summed E-state index contributed by atoms with van der Waals surface area (Å²) in [6.07, 6.45) is 3.41. The number of rotatable bonds is 5. The molecule has 0 aliphatic carbocycles. The van der Waals surface area contributed by atoms with E-state index in [0.717, 1.165) is 19.3 Å². The molecule has 0 aliphatic rings. The van der Waals surface area contributed by atoms with Crippen molar-refractivity contribution >= 4 is 10.0 Å². The van der Waals surface area contributed by atoms with Gasteiger partial charge in [0.05, 0.1) is 5.75 Å². The second-order valence-corrected chi connectivity index (χ2v) is 4.02. The van der Waals surface area contributed by atoms with Crippen LogP contribution in [0.4, 0.5) is 0 Å². The molecule has 0 atom stereocenters. The lowest BCUT2D eigenvalue weighted by Crippen LogP contribution is -2.16. The third-order valence-corrected chi connectivity index (χ3v) is 2.04. The molecule has 0 aromatic carbocycles. The van der Waals surface area contributed by atoms with Crippen LogP contribution >= 0.6 is 0 Å². The SMILES string of the molecule is [CH2]CCCCCS(N)(=O)=O. The highest BCUT2D eigenvalue weighted by Gasteiger charge is 1.99. The Morgan fingerprint density at radius 2 is 1.80 bits per heavy atom. The smallest absolute Gasteiger partial charge is 0.209 e. The molecular formula is C6H14NO2S. The lowest BCUT2D eigenvalue weighted by Gasteiger charge is -1.95. The zero-order chi connectivity index (χ0) is 8.04. The fraction of sp³-hybridized carbons (Fsp3) is 0.833. The number of unbranched alkanes of at least 4 members (excludes halogenated alkanes) is 3. The lowest BCUT2D eigenvalue weighted by atomic mass is 10.2. The van der Waals surface area contributed by atoms with Gasteiger partial charge in [-0.2, -0.15) is 0 Å². The average Bonchev–Trinajstić information content (AvgIpc) is 1.78. The summed E-state index contributed by atoms with van der Waals surface area (Å²) in [4.78, 5) is 0. The molecule has 10 heavy (non-hydrogen) atoms. The monoisotopic (exact) mass is 164 g/mol. The highest BCUT2D eigenvalue weighted by Crippen LogP contribution is 1.99. The molecule has 0 rings (SSSR count). The maximum Gasteiger partial charge on any atom is 0.209 e. The summed E-state index contributed by atoms with van der Waals surface area (Å²) in [5.41, 5.74) is 0. The predicted molar refractivity (Wildman–Crippen MR) is 41.8 cm³/mol. The van der Waals surface area contributed by atoms with Gasteiger partial charge in [-0.3, -0.25) is 0 Å². The summed E-state index contributed by atoms with van der Waals surface area (Å²) in [5.74, 6) is 0.104. The zero-order valence-corrected chi connectivity index (χ0v) is 6.86. The topological polar surface area (TPSA) is 60.2 Å². The Morgan fingerprint density at radius 1 is 1.20 bits per heavy atom. The maximum atomic E-state index is 10.4. The van der Waals surface area contributed by atoms with Crippen molar-refractivity contribution in [3.05, 3.63) is 6.92 Å². The van der Waals surface area contributed by atoms with E-state index in [9.17, 15) is 8.42 Å². The van der Waals surface area contributed by atoms with Gasteiger partial charge < -0.3 is 0 Å². The van der Waals surface area contributed by atoms with E-state index in [1.165, 1.54) is 0 Å². The summed E-state index contributed by atoms with van der Waals surface area (Å²) in [5, 5.41) is 4.77. The van der Waals surface area contributed by atoms with Gasteiger partial charge in [0.15, 0.2) is 0 Å². The van der Waals surface area contributed by atoms with Gasteiger partial charge >= 0.3 is 0 Å². The van der Waals surface area contributed by atoms with Gasteiger partial charge in [-0.05, 0) is 6.42 Å². The summed E-state index contributed by atoms with van der Waals surface area (Å²) in [7, 11) is -3.22. The molecule has 1 radical (unpaired) electrons. The minimum absolute atomic E-state index is 0.104. The molecule has 0 saturated carbocycles. The van der Waals surface area contributed by atoms with Crippen LogP contribution in [-0.4, -0.2) is 14.2 Å². The molecule has 0 aromatic rings. The van der Waals surface area contributed by atoms with Crippen LogP contribution in [-0.2, 0) is 10.0 Å². The van der Waals surface area contributed by atoms with E-state index in [2.05, 4.69) is 6.92 Å². The number of hydrogen-bond acceptors (Lipinski definition) is 2. The minimum atomic E-state index is -3.22. The van der Waals surface area contributed by atoms with E-state index in [-0.39, 0.29) is 5.75 Å². The normalized spacial score (nSPS) is 11.8. The Labute approximate surface area is 62.7 Å². The van der Waals surface area contributed by atoms with Crippen molar-refractivity contribution in [1.29, 1.82) is 0 Å². The Morgan fingerprint density at radius 3 is 2.20 bits per heavy atom. The molecule has 0 heterocycles. The molecule has 61 valence electrons. The van der Waals surface area contributed by atoms with Crippen LogP contribution < -0.4 is 5.14 Å². The summed E-state index contributed by atoms with van der Waals surface area (Å²) >= 11 is 0. The fourth-order valence-electron chi connectivity index (χ4n) is 0.657. The third kappa shape index (κ3) is 7.91. The highest BCUT2D eigenvalue weighted by atomic mass is 32.2. The second-order valence-electron chi connectivity index (χ2n) is 2.28. The van der Waals surface area contributed by atoms with Crippen LogP contribution in [0.3, 0.4) is 0 Å². The van der Waals surface area contributed by atoms with Crippen molar-refractivity contribution in [2.75, 3.05) is 5.75 Å². The minimum Gasteiger partial charge on any atom is -0.229 e. The first-order chi connectivity index (χ1) is 4.56. The van der Waals surface area contributed by atoms with Gasteiger partial charge in [0, 0.05) is 0 Å². The average molecular weight is 164 g/mol. The molecule has 4 heteroatoms. The van der Waals surface area contributed by atoms with Crippen LogP contribution in [0.5, 0.6) is 0 Å². The van der Waals surface area contributed by atoms with Crippen LogP contribution in [0.1, 0.15) is 25.7 Å². The molecule has 0 unspecified atom stereocenters. The Hall–Kier alpha value is -0.0900. The molecular weight excluding hydrogens is 150 g/mol. The molecule has 3 nitrogen and oxygen atoms in total. The predicted octanol–water partition coefficient (Wildman–Crippen LogP) is 0.669. The molecule has 0 aliphatic heterocycles. The largest absolute Gasteiger partial charge is 0.229 e. The standard InChI is InChI=1S/C6H14NO2S/c1-2-3-4-5-6-10(7,8)9/h1-6H2,(H2,7,8,9). The van der Waals surface area contributed by atoms with Crippen molar-refractivity contribution in [2.45, 2.75) is 25.7 Å². The van der Waals surface area contributed by atoms with Gasteiger partial charge in [0.25, 0.3) is 0 Å². The summed E-state index contributed by atoms with van der Waals surface area (Å²) < 4.78 is 20.7. The van der Waals surface area contributed by atoms with Crippen LogP contribution in [0.15, 0.2) is 0 Å². The third-order valence-electron chi connectivity index (χ3n) is 1.18. The molecule has 0 amide bonds. The van der Waals surface area contributed by atoms with Gasteiger partial charge in [-0.1, -0.05) is 26.2 Å². The highest BCUT2D eigenvalue weighted by molar-refractivity contribution is 7.89. The van der Waals surface area contributed by atoms with E-state index in [1.807, 2.05) is 0 Å². The fourth-order valence-corrected chi connectivity index (χ4v) is 1.26. The van der Waals surface area contributed by atoms with E-state index < -0.39 is 10.0 Å². The van der Waals surface area contributed by atoms with E-state index in [0.29, 0.717) is 6.42 Å². The Balaban J connectivity index is 3.21. The van der Waals surface area contributed by atoms with Crippen molar-refractivity contribution in [1.82, 2.24) is 0 Å². The molecule has 0 aromatic heterocycles. The first kappa shape index (κ1) is 9.91. The van der Waals surface area contributed by atoms with E-state index in [4.69, 9.17) is 5.14 Å². The lowest BCUT2D eigenvalue weighted by molar-refractivity contribution is 0.591.